The molecular weight excluding hydrogens is 418 g/mol. The van der Waals surface area contributed by atoms with E-state index in [1.807, 2.05) is 41.3 Å². The molecule has 2 aromatic heterocycles. The fraction of sp³-hybridized carbons (Fsp3) is 0.440. The van der Waals surface area contributed by atoms with E-state index < -0.39 is 5.97 Å². The first-order valence-corrected chi connectivity index (χ1v) is 11.8. The maximum Gasteiger partial charge on any atom is 0.303 e. The molecule has 2 saturated heterocycles. The van der Waals surface area contributed by atoms with Gasteiger partial charge in [0, 0.05) is 38.2 Å². The number of piperidine rings is 1. The first kappa shape index (κ1) is 21.4. The molecular formula is C25H29N5O3. The number of aromatic nitrogens is 3. The molecule has 0 aliphatic carbocycles. The molecule has 1 atom stereocenters. The van der Waals surface area contributed by atoms with Gasteiger partial charge in [-0.2, -0.15) is 0 Å². The van der Waals surface area contributed by atoms with Crippen LogP contribution in [0.2, 0.25) is 0 Å². The van der Waals surface area contributed by atoms with Crippen LogP contribution in [0.25, 0.3) is 22.6 Å². The number of likely N-dealkylation sites (tertiary alicyclic amines) is 1. The van der Waals surface area contributed by atoms with Crippen LogP contribution in [-0.4, -0.2) is 63.0 Å². The van der Waals surface area contributed by atoms with Gasteiger partial charge in [-0.05, 0) is 55.9 Å². The number of pyridine rings is 1. The smallest absolute Gasteiger partial charge is 0.303 e. The lowest BCUT2D eigenvalue weighted by molar-refractivity contribution is -0.137. The molecule has 172 valence electrons. The van der Waals surface area contributed by atoms with Gasteiger partial charge in [-0.15, -0.1) is 0 Å². The van der Waals surface area contributed by atoms with Crippen molar-refractivity contribution >= 4 is 28.9 Å². The summed E-state index contributed by atoms with van der Waals surface area (Å²) < 4.78 is 0. The van der Waals surface area contributed by atoms with Crippen LogP contribution in [0, 0.1) is 5.92 Å². The molecule has 2 aliphatic rings. The number of carboxylic acid groups (broad SMARTS) is 1. The summed E-state index contributed by atoms with van der Waals surface area (Å²) in [5.41, 5.74) is 3.37. The number of hydrogen-bond donors (Lipinski definition) is 2. The highest BCUT2D eigenvalue weighted by Crippen LogP contribution is 2.27. The Morgan fingerprint density at radius 2 is 1.91 bits per heavy atom. The van der Waals surface area contributed by atoms with Gasteiger partial charge in [0.25, 0.3) is 0 Å². The number of H-pyrrole nitrogens is 1. The number of imidazole rings is 1. The average Bonchev–Trinajstić information content (AvgIpc) is 3.52. The summed E-state index contributed by atoms with van der Waals surface area (Å²) >= 11 is 0. The molecule has 0 spiro atoms. The fourth-order valence-electron chi connectivity index (χ4n) is 4.90. The maximum absolute atomic E-state index is 12.9. The van der Waals surface area contributed by atoms with E-state index in [0.717, 1.165) is 67.8 Å². The first-order chi connectivity index (χ1) is 16.1. The zero-order valence-corrected chi connectivity index (χ0v) is 18.7. The monoisotopic (exact) mass is 447 g/mol. The van der Waals surface area contributed by atoms with Crippen LogP contribution < -0.4 is 4.90 Å². The van der Waals surface area contributed by atoms with Gasteiger partial charge in [0.05, 0.1) is 11.4 Å². The number of amides is 1. The van der Waals surface area contributed by atoms with E-state index in [2.05, 4.69) is 9.88 Å². The molecule has 2 fully saturated rings. The van der Waals surface area contributed by atoms with Crippen LogP contribution in [0.3, 0.4) is 0 Å². The molecule has 5 rings (SSSR count). The van der Waals surface area contributed by atoms with E-state index in [0.29, 0.717) is 30.3 Å². The van der Waals surface area contributed by atoms with Crippen molar-refractivity contribution in [1.29, 1.82) is 0 Å². The Morgan fingerprint density at radius 1 is 1.06 bits per heavy atom. The zero-order valence-electron chi connectivity index (χ0n) is 18.7. The van der Waals surface area contributed by atoms with Crippen molar-refractivity contribution in [3.8, 4) is 11.4 Å². The van der Waals surface area contributed by atoms with Crippen LogP contribution in [0.4, 0.5) is 5.82 Å². The number of aliphatic carboxylic acids is 1. The summed E-state index contributed by atoms with van der Waals surface area (Å²) in [6, 6.07) is 11.8. The van der Waals surface area contributed by atoms with Crippen LogP contribution in [0.5, 0.6) is 0 Å². The van der Waals surface area contributed by atoms with E-state index in [9.17, 15) is 9.59 Å². The van der Waals surface area contributed by atoms with Gasteiger partial charge >= 0.3 is 5.97 Å². The first-order valence-electron chi connectivity index (χ1n) is 11.8. The molecule has 4 heterocycles. The minimum absolute atomic E-state index is 0.0395. The van der Waals surface area contributed by atoms with E-state index in [-0.39, 0.29) is 12.3 Å². The van der Waals surface area contributed by atoms with Crippen LogP contribution in [0.1, 0.15) is 37.7 Å². The van der Waals surface area contributed by atoms with Crippen LogP contribution >= 0.6 is 0 Å². The highest BCUT2D eigenvalue weighted by atomic mass is 16.4. The number of fused-ring (bicyclic) bond motifs is 1. The van der Waals surface area contributed by atoms with Crippen molar-refractivity contribution < 1.29 is 14.7 Å². The number of benzene rings is 1. The van der Waals surface area contributed by atoms with Crippen molar-refractivity contribution in [3.63, 3.8) is 0 Å². The number of anilines is 1. The minimum atomic E-state index is -0.803. The Bertz CT molecular complexity index is 1170. The Balaban J connectivity index is 1.33. The summed E-state index contributed by atoms with van der Waals surface area (Å²) in [6.07, 6.45) is 4.75. The predicted molar refractivity (Wildman–Crippen MR) is 126 cm³/mol. The SMILES string of the molecule is O=C(O)CCc1cccc(-c2nc3nc(N4CCCC(C(=O)N5CCCC5)C4)ccc3[nH]2)c1. The van der Waals surface area contributed by atoms with E-state index >= 15 is 0 Å². The van der Waals surface area contributed by atoms with Crippen molar-refractivity contribution in [2.24, 2.45) is 5.92 Å². The zero-order chi connectivity index (χ0) is 22.8. The van der Waals surface area contributed by atoms with Gasteiger partial charge in [0.1, 0.15) is 11.6 Å². The standard InChI is InChI=1S/C25H29N5O3/c31-22(32)11-8-17-5-3-6-18(15-17)23-26-20-9-10-21(27-24(20)28-23)30-14-4-7-19(16-30)25(33)29-12-1-2-13-29/h3,5-6,9-10,15,19H,1-2,4,7-8,11-14,16H2,(H,31,32)(H,26,27,28). The topological polar surface area (TPSA) is 102 Å². The average molecular weight is 448 g/mol. The number of carbonyl (C=O) groups is 2. The van der Waals surface area contributed by atoms with Crippen molar-refractivity contribution in [2.75, 3.05) is 31.1 Å². The largest absolute Gasteiger partial charge is 0.481 e. The predicted octanol–water partition coefficient (Wildman–Crippen LogP) is 3.48. The van der Waals surface area contributed by atoms with Crippen molar-refractivity contribution in [1.82, 2.24) is 19.9 Å². The lowest BCUT2D eigenvalue weighted by Gasteiger charge is -2.34. The highest BCUT2D eigenvalue weighted by molar-refractivity contribution is 5.81. The quantitative estimate of drug-likeness (QED) is 0.600. The van der Waals surface area contributed by atoms with Gasteiger partial charge < -0.3 is 19.9 Å². The number of nitrogens with zero attached hydrogens (tertiary/aromatic N) is 4. The highest BCUT2D eigenvalue weighted by Gasteiger charge is 2.31. The van der Waals surface area contributed by atoms with Crippen LogP contribution in [-0.2, 0) is 16.0 Å². The van der Waals surface area contributed by atoms with Gasteiger partial charge in [0.15, 0.2) is 5.65 Å². The Kier molecular flexibility index (Phi) is 5.98. The summed E-state index contributed by atoms with van der Waals surface area (Å²) in [6.45, 7) is 3.39. The molecule has 8 heteroatoms. The maximum atomic E-state index is 12.9. The number of carbonyl (C=O) groups excluding carboxylic acids is 1. The molecule has 0 bridgehead atoms. The molecule has 33 heavy (non-hydrogen) atoms. The molecule has 2 N–H and O–H groups in total. The molecule has 0 radical (unpaired) electrons. The minimum Gasteiger partial charge on any atom is -0.481 e. The molecule has 2 aliphatic heterocycles. The van der Waals surface area contributed by atoms with Crippen molar-refractivity contribution in [3.05, 3.63) is 42.0 Å². The van der Waals surface area contributed by atoms with Gasteiger partial charge in [0.2, 0.25) is 5.91 Å². The third-order valence-corrected chi connectivity index (χ3v) is 6.67. The second-order valence-corrected chi connectivity index (χ2v) is 9.04. The number of carboxylic acids is 1. The lowest BCUT2D eigenvalue weighted by Crippen LogP contribution is -2.44. The third kappa shape index (κ3) is 4.69. The van der Waals surface area contributed by atoms with Gasteiger partial charge in [-0.1, -0.05) is 18.2 Å². The van der Waals surface area contributed by atoms with Crippen LogP contribution in [0.15, 0.2) is 36.4 Å². The van der Waals surface area contributed by atoms with Gasteiger partial charge in [-0.25, -0.2) is 9.97 Å². The number of nitrogens with one attached hydrogen (secondary N) is 1. The number of rotatable bonds is 6. The van der Waals surface area contributed by atoms with E-state index in [1.165, 1.54) is 0 Å². The molecule has 1 aromatic carbocycles. The summed E-state index contributed by atoms with van der Waals surface area (Å²) in [5.74, 6) is 1.10. The second-order valence-electron chi connectivity index (χ2n) is 9.04. The summed E-state index contributed by atoms with van der Waals surface area (Å²) in [4.78, 5) is 40.8. The third-order valence-electron chi connectivity index (χ3n) is 6.67. The summed E-state index contributed by atoms with van der Waals surface area (Å²) in [5, 5.41) is 8.94. The number of aryl methyl sites for hydroxylation is 1. The number of aromatic amines is 1. The van der Waals surface area contributed by atoms with E-state index in [1.54, 1.807) is 0 Å². The van der Waals surface area contributed by atoms with Gasteiger partial charge in [-0.3, -0.25) is 9.59 Å². The second kappa shape index (κ2) is 9.21. The lowest BCUT2D eigenvalue weighted by atomic mass is 9.96. The summed E-state index contributed by atoms with van der Waals surface area (Å²) in [7, 11) is 0. The Hall–Kier alpha value is -3.42. The molecule has 1 unspecified atom stereocenters. The molecule has 1 amide bonds. The molecule has 0 saturated carbocycles. The number of hydrogen-bond acceptors (Lipinski definition) is 5. The van der Waals surface area contributed by atoms with Crippen molar-refractivity contribution in [2.45, 2.75) is 38.5 Å². The normalized spacial score (nSPS) is 18.7. The van der Waals surface area contributed by atoms with E-state index in [4.69, 9.17) is 15.1 Å². The Labute approximate surface area is 192 Å². The Morgan fingerprint density at radius 3 is 2.73 bits per heavy atom. The molecule has 3 aromatic rings. The molecule has 8 nitrogen and oxygen atoms in total. The fourth-order valence-corrected chi connectivity index (χ4v) is 4.90.